The molecule has 0 bridgehead atoms. The van der Waals surface area contributed by atoms with E-state index in [9.17, 15) is 0 Å². The van der Waals surface area contributed by atoms with E-state index in [1.54, 1.807) is 11.3 Å². The van der Waals surface area contributed by atoms with Crippen molar-refractivity contribution in [2.75, 3.05) is 6.61 Å². The van der Waals surface area contributed by atoms with Gasteiger partial charge >= 0.3 is 0 Å². The summed E-state index contributed by atoms with van der Waals surface area (Å²) in [4.78, 5) is 0. The van der Waals surface area contributed by atoms with E-state index in [2.05, 4.69) is 35.5 Å². The van der Waals surface area contributed by atoms with E-state index >= 15 is 0 Å². The Bertz CT molecular complexity index is 471. The van der Waals surface area contributed by atoms with Crippen LogP contribution in [0.2, 0.25) is 0 Å². The van der Waals surface area contributed by atoms with E-state index in [1.165, 1.54) is 11.1 Å². The van der Waals surface area contributed by atoms with Crippen LogP contribution in [0, 0.1) is 0 Å². The summed E-state index contributed by atoms with van der Waals surface area (Å²) in [5.41, 5.74) is 3.47. The Balaban J connectivity index is 2.42. The monoisotopic (exact) mass is 230 g/mol. The number of ether oxygens (including phenoxy) is 1. The van der Waals surface area contributed by atoms with Gasteiger partial charge in [0.15, 0.2) is 0 Å². The summed E-state index contributed by atoms with van der Waals surface area (Å²) in [5.74, 6) is 0.904. The molecule has 1 aromatic heterocycles. The van der Waals surface area contributed by atoms with E-state index in [0.29, 0.717) is 6.61 Å². The number of hydrogen-bond acceptors (Lipinski definition) is 2. The summed E-state index contributed by atoms with van der Waals surface area (Å²) in [6, 6.07) is 8.33. The maximum absolute atomic E-state index is 5.60. The Labute approximate surface area is 100 Å². The Morgan fingerprint density at radius 3 is 2.81 bits per heavy atom. The average molecular weight is 230 g/mol. The fourth-order valence-electron chi connectivity index (χ4n) is 1.59. The lowest BCUT2D eigenvalue weighted by molar-refractivity contribution is 0.339. The second-order valence-electron chi connectivity index (χ2n) is 3.40. The second-order valence-corrected chi connectivity index (χ2v) is 4.18. The lowest BCUT2D eigenvalue weighted by atomic mass is 10.1. The topological polar surface area (TPSA) is 9.23 Å². The SMILES string of the molecule is C=Cc1ccc(-c2ccsc2)cc1OCC. The van der Waals surface area contributed by atoms with E-state index in [-0.39, 0.29) is 0 Å². The molecule has 16 heavy (non-hydrogen) atoms. The zero-order valence-corrected chi connectivity index (χ0v) is 10.1. The summed E-state index contributed by atoms with van der Waals surface area (Å²) >= 11 is 1.70. The highest BCUT2D eigenvalue weighted by atomic mass is 32.1. The molecule has 82 valence electrons. The maximum Gasteiger partial charge on any atom is 0.127 e. The van der Waals surface area contributed by atoms with Crippen LogP contribution in [-0.4, -0.2) is 6.61 Å². The first-order valence-corrected chi connectivity index (χ1v) is 6.21. The van der Waals surface area contributed by atoms with E-state index in [0.717, 1.165) is 11.3 Å². The molecule has 0 saturated heterocycles. The lowest BCUT2D eigenvalue weighted by Crippen LogP contribution is -1.94. The zero-order chi connectivity index (χ0) is 11.4. The molecule has 0 N–H and O–H groups in total. The molecule has 2 heteroatoms. The molecule has 0 aliphatic heterocycles. The van der Waals surface area contributed by atoms with Crippen LogP contribution in [0.3, 0.4) is 0 Å². The summed E-state index contributed by atoms with van der Waals surface area (Å²) in [6.45, 7) is 6.45. The largest absolute Gasteiger partial charge is 0.493 e. The third-order valence-corrected chi connectivity index (χ3v) is 3.07. The Morgan fingerprint density at radius 1 is 1.31 bits per heavy atom. The fraction of sp³-hybridized carbons (Fsp3) is 0.143. The Morgan fingerprint density at radius 2 is 2.19 bits per heavy atom. The molecule has 0 spiro atoms. The summed E-state index contributed by atoms with van der Waals surface area (Å²) in [7, 11) is 0. The van der Waals surface area contributed by atoms with Gasteiger partial charge in [0.1, 0.15) is 5.75 Å². The highest BCUT2D eigenvalue weighted by Crippen LogP contribution is 2.29. The molecule has 0 amide bonds. The van der Waals surface area contributed by atoms with Crippen molar-refractivity contribution in [2.45, 2.75) is 6.92 Å². The van der Waals surface area contributed by atoms with Crippen LogP contribution < -0.4 is 4.74 Å². The van der Waals surface area contributed by atoms with Crippen molar-refractivity contribution in [2.24, 2.45) is 0 Å². The maximum atomic E-state index is 5.60. The third-order valence-electron chi connectivity index (χ3n) is 2.39. The van der Waals surface area contributed by atoms with Crippen LogP contribution in [0.25, 0.3) is 17.2 Å². The van der Waals surface area contributed by atoms with Gasteiger partial charge in [-0.15, -0.1) is 0 Å². The Hall–Kier alpha value is -1.54. The van der Waals surface area contributed by atoms with Crippen molar-refractivity contribution in [1.29, 1.82) is 0 Å². The van der Waals surface area contributed by atoms with Gasteiger partial charge in [0.05, 0.1) is 6.61 Å². The molecule has 0 atom stereocenters. The van der Waals surface area contributed by atoms with Crippen LogP contribution in [0.4, 0.5) is 0 Å². The minimum absolute atomic E-state index is 0.675. The summed E-state index contributed by atoms with van der Waals surface area (Å²) < 4.78 is 5.60. The van der Waals surface area contributed by atoms with Crippen molar-refractivity contribution in [3.63, 3.8) is 0 Å². The van der Waals surface area contributed by atoms with Crippen LogP contribution in [0.1, 0.15) is 12.5 Å². The normalized spacial score (nSPS) is 10.1. The first kappa shape index (κ1) is 11.0. The molecule has 2 aromatic rings. The second kappa shape index (κ2) is 4.99. The summed E-state index contributed by atoms with van der Waals surface area (Å²) in [5, 5.41) is 4.22. The van der Waals surface area contributed by atoms with Gasteiger partial charge in [0.2, 0.25) is 0 Å². The molecular weight excluding hydrogens is 216 g/mol. The van der Waals surface area contributed by atoms with Crippen LogP contribution in [0.15, 0.2) is 41.6 Å². The van der Waals surface area contributed by atoms with Crippen LogP contribution in [-0.2, 0) is 0 Å². The molecule has 1 aromatic carbocycles. The van der Waals surface area contributed by atoms with Crippen molar-refractivity contribution in [1.82, 2.24) is 0 Å². The zero-order valence-electron chi connectivity index (χ0n) is 9.27. The van der Waals surface area contributed by atoms with Crippen molar-refractivity contribution < 1.29 is 4.74 Å². The molecule has 1 heterocycles. The number of rotatable bonds is 4. The smallest absolute Gasteiger partial charge is 0.127 e. The number of hydrogen-bond donors (Lipinski definition) is 0. The molecule has 0 unspecified atom stereocenters. The van der Waals surface area contributed by atoms with Crippen molar-refractivity contribution in [3.8, 4) is 16.9 Å². The molecular formula is C14H14OS. The first-order chi connectivity index (χ1) is 7.85. The minimum atomic E-state index is 0.675. The van der Waals surface area contributed by atoms with E-state index in [1.807, 2.05) is 19.1 Å². The van der Waals surface area contributed by atoms with Crippen LogP contribution in [0.5, 0.6) is 5.75 Å². The molecule has 2 rings (SSSR count). The van der Waals surface area contributed by atoms with Crippen molar-refractivity contribution in [3.05, 3.63) is 47.2 Å². The molecule has 0 aliphatic carbocycles. The quantitative estimate of drug-likeness (QED) is 0.753. The van der Waals surface area contributed by atoms with Gasteiger partial charge in [-0.2, -0.15) is 11.3 Å². The molecule has 0 aliphatic rings. The van der Waals surface area contributed by atoms with Gasteiger partial charge in [-0.3, -0.25) is 0 Å². The highest BCUT2D eigenvalue weighted by molar-refractivity contribution is 7.08. The Kier molecular flexibility index (Phi) is 3.42. The van der Waals surface area contributed by atoms with Gasteiger partial charge < -0.3 is 4.74 Å². The van der Waals surface area contributed by atoms with E-state index in [4.69, 9.17) is 4.74 Å². The van der Waals surface area contributed by atoms with Gasteiger partial charge in [-0.25, -0.2) is 0 Å². The van der Waals surface area contributed by atoms with Gasteiger partial charge in [-0.1, -0.05) is 24.8 Å². The lowest BCUT2D eigenvalue weighted by Gasteiger charge is -2.09. The van der Waals surface area contributed by atoms with E-state index < -0.39 is 0 Å². The number of benzene rings is 1. The number of thiophene rings is 1. The third kappa shape index (κ3) is 2.17. The molecule has 0 radical (unpaired) electrons. The fourth-order valence-corrected chi connectivity index (χ4v) is 2.26. The minimum Gasteiger partial charge on any atom is -0.493 e. The standard InChI is InChI=1S/C14H14OS/c1-3-11-5-6-12(9-14(11)15-4-2)13-7-8-16-10-13/h3,5-10H,1,4H2,2H3. The van der Waals surface area contributed by atoms with Crippen LogP contribution >= 0.6 is 11.3 Å². The first-order valence-electron chi connectivity index (χ1n) is 5.27. The van der Waals surface area contributed by atoms with Gasteiger partial charge in [0.25, 0.3) is 0 Å². The van der Waals surface area contributed by atoms with Crippen molar-refractivity contribution >= 4 is 17.4 Å². The molecule has 1 nitrogen and oxygen atoms in total. The molecule has 0 saturated carbocycles. The summed E-state index contributed by atoms with van der Waals surface area (Å²) in [6.07, 6.45) is 1.82. The molecule has 0 fully saturated rings. The average Bonchev–Trinajstić information content (AvgIpc) is 2.83. The van der Waals surface area contributed by atoms with Gasteiger partial charge in [0, 0.05) is 5.56 Å². The van der Waals surface area contributed by atoms with Gasteiger partial charge in [-0.05, 0) is 40.9 Å². The highest BCUT2D eigenvalue weighted by Gasteiger charge is 2.04. The predicted molar refractivity (Wildman–Crippen MR) is 71.0 cm³/mol. The predicted octanol–water partition coefficient (Wildman–Crippen LogP) is 4.46.